The van der Waals surface area contributed by atoms with Gasteiger partial charge in [0.1, 0.15) is 4.32 Å². The van der Waals surface area contributed by atoms with Gasteiger partial charge in [0, 0.05) is 28.8 Å². The number of hydrogen-bond acceptors (Lipinski definition) is 5. The van der Waals surface area contributed by atoms with E-state index in [-0.39, 0.29) is 5.91 Å². The highest BCUT2D eigenvalue weighted by Crippen LogP contribution is 2.31. The van der Waals surface area contributed by atoms with E-state index in [0.29, 0.717) is 9.23 Å². The summed E-state index contributed by atoms with van der Waals surface area (Å²) in [5.41, 5.74) is 2.12. The number of halogens is 1. The van der Waals surface area contributed by atoms with Crippen molar-refractivity contribution in [2.45, 2.75) is 0 Å². The zero-order valence-corrected chi connectivity index (χ0v) is 14.3. The van der Waals surface area contributed by atoms with Crippen LogP contribution in [0.4, 0.5) is 5.69 Å². The molecule has 2 fully saturated rings. The number of nitrogens with zero attached hydrogens (tertiary/aromatic N) is 1. The van der Waals surface area contributed by atoms with E-state index in [1.807, 2.05) is 18.2 Å². The van der Waals surface area contributed by atoms with Crippen molar-refractivity contribution in [3.63, 3.8) is 0 Å². The van der Waals surface area contributed by atoms with Crippen LogP contribution < -0.4 is 10.2 Å². The van der Waals surface area contributed by atoms with Crippen molar-refractivity contribution in [3.8, 4) is 0 Å². The van der Waals surface area contributed by atoms with E-state index in [9.17, 15) is 4.79 Å². The number of hydrogen-bond donors (Lipinski definition) is 1. The molecule has 1 aromatic rings. The quantitative estimate of drug-likeness (QED) is 0.627. The molecule has 0 unspecified atom stereocenters. The Bertz CT molecular complexity index is 627. The highest BCUT2D eigenvalue weighted by atomic mass is 79.9. The third-order valence-corrected chi connectivity index (χ3v) is 4.93. The minimum atomic E-state index is -0.127. The van der Waals surface area contributed by atoms with Crippen LogP contribution in [0.15, 0.2) is 27.6 Å². The summed E-state index contributed by atoms with van der Waals surface area (Å²) in [5, 5.41) is 2.64. The highest BCUT2D eigenvalue weighted by molar-refractivity contribution is 9.10. The largest absolute Gasteiger partial charge is 0.378 e. The number of nitrogens with one attached hydrogen (secondary N) is 1. The Morgan fingerprint density at radius 1 is 1.38 bits per heavy atom. The normalized spacial score (nSPS) is 21.0. The molecule has 110 valence electrons. The zero-order valence-electron chi connectivity index (χ0n) is 11.1. The van der Waals surface area contributed by atoms with Gasteiger partial charge < -0.3 is 15.0 Å². The number of thiocarbonyl (C=S) groups is 1. The Hall–Kier alpha value is -0.890. The van der Waals surface area contributed by atoms with Crippen molar-refractivity contribution in [3.05, 3.63) is 33.1 Å². The van der Waals surface area contributed by atoms with Gasteiger partial charge in [0.2, 0.25) is 0 Å². The third kappa shape index (κ3) is 3.48. The van der Waals surface area contributed by atoms with E-state index < -0.39 is 0 Å². The van der Waals surface area contributed by atoms with Gasteiger partial charge in [-0.1, -0.05) is 39.9 Å². The number of carbonyl (C=O) groups is 1. The van der Waals surface area contributed by atoms with Gasteiger partial charge in [-0.05, 0) is 24.3 Å². The first-order valence-electron chi connectivity index (χ1n) is 6.50. The molecule has 1 N–H and O–H groups in total. The number of thioether (sulfide) groups is 1. The fraction of sp³-hybridized carbons (Fsp3) is 0.286. The lowest BCUT2D eigenvalue weighted by atomic mass is 10.1. The molecular formula is C14H13BrN2O2S2. The number of ether oxygens (including phenoxy) is 1. The molecule has 0 aliphatic carbocycles. The van der Waals surface area contributed by atoms with Gasteiger partial charge in [-0.3, -0.25) is 4.79 Å². The van der Waals surface area contributed by atoms with Crippen LogP contribution in [0.25, 0.3) is 6.08 Å². The van der Waals surface area contributed by atoms with Gasteiger partial charge in [0.15, 0.2) is 0 Å². The predicted molar refractivity (Wildman–Crippen MR) is 93.5 cm³/mol. The molecule has 4 nitrogen and oxygen atoms in total. The van der Waals surface area contributed by atoms with Crippen LogP contribution in [0.5, 0.6) is 0 Å². The highest BCUT2D eigenvalue weighted by Gasteiger charge is 2.23. The van der Waals surface area contributed by atoms with Crippen LogP contribution in [0.2, 0.25) is 0 Å². The molecule has 7 heteroatoms. The molecule has 0 bridgehead atoms. The summed E-state index contributed by atoms with van der Waals surface area (Å²) >= 11 is 9.82. The summed E-state index contributed by atoms with van der Waals surface area (Å²) in [6.45, 7) is 3.17. The first-order valence-corrected chi connectivity index (χ1v) is 8.52. The number of rotatable bonds is 2. The summed E-state index contributed by atoms with van der Waals surface area (Å²) in [4.78, 5) is 14.7. The second-order valence-corrected chi connectivity index (χ2v) is 7.29. The van der Waals surface area contributed by atoms with Crippen molar-refractivity contribution >= 4 is 61.9 Å². The average Bonchev–Trinajstić information content (AvgIpc) is 2.78. The van der Waals surface area contributed by atoms with Crippen molar-refractivity contribution in [1.29, 1.82) is 0 Å². The van der Waals surface area contributed by atoms with Crippen molar-refractivity contribution < 1.29 is 9.53 Å². The van der Waals surface area contributed by atoms with E-state index in [0.717, 1.165) is 42.0 Å². The van der Waals surface area contributed by atoms with Crippen molar-refractivity contribution in [2.24, 2.45) is 0 Å². The maximum Gasteiger partial charge on any atom is 0.263 e. The van der Waals surface area contributed by atoms with Crippen LogP contribution in [0.3, 0.4) is 0 Å². The molecule has 3 rings (SSSR count). The van der Waals surface area contributed by atoms with Crippen LogP contribution in [0.1, 0.15) is 5.56 Å². The predicted octanol–water partition coefficient (Wildman–Crippen LogP) is 2.77. The fourth-order valence-corrected chi connectivity index (χ4v) is 3.71. The van der Waals surface area contributed by atoms with E-state index in [1.165, 1.54) is 11.8 Å². The standard InChI is InChI=1S/C14H13BrN2O2S2/c15-10-1-2-11(17-3-5-19-6-4-17)9(7-10)8-12-13(18)16-14(20)21-12/h1-2,7-8H,3-6H2,(H,16,18,20)/b12-8-. The molecule has 2 aliphatic rings. The van der Waals surface area contributed by atoms with Crippen molar-refractivity contribution in [1.82, 2.24) is 5.32 Å². The number of carbonyl (C=O) groups excluding carboxylic acids is 1. The first kappa shape index (κ1) is 15.0. The molecule has 1 amide bonds. The zero-order chi connectivity index (χ0) is 14.8. The minimum absolute atomic E-state index is 0.127. The lowest BCUT2D eigenvalue weighted by Gasteiger charge is -2.30. The van der Waals surface area contributed by atoms with Gasteiger partial charge in [-0.25, -0.2) is 0 Å². The molecule has 0 saturated carbocycles. The average molecular weight is 385 g/mol. The van der Waals surface area contributed by atoms with Crippen LogP contribution in [0, 0.1) is 0 Å². The van der Waals surface area contributed by atoms with E-state index in [4.69, 9.17) is 17.0 Å². The Balaban J connectivity index is 1.96. The molecular weight excluding hydrogens is 372 g/mol. The molecule has 0 atom stereocenters. The van der Waals surface area contributed by atoms with Crippen LogP contribution in [-0.2, 0) is 9.53 Å². The van der Waals surface area contributed by atoms with E-state index in [1.54, 1.807) is 0 Å². The first-order chi connectivity index (χ1) is 10.1. The van der Waals surface area contributed by atoms with Gasteiger partial charge in [-0.15, -0.1) is 0 Å². The molecule has 1 aromatic carbocycles. The van der Waals surface area contributed by atoms with Gasteiger partial charge in [-0.2, -0.15) is 0 Å². The molecule has 0 aromatic heterocycles. The lowest BCUT2D eigenvalue weighted by Crippen LogP contribution is -2.36. The molecule has 2 aliphatic heterocycles. The van der Waals surface area contributed by atoms with Crippen LogP contribution >= 0.6 is 39.9 Å². The molecule has 2 heterocycles. The topological polar surface area (TPSA) is 41.6 Å². The summed E-state index contributed by atoms with van der Waals surface area (Å²) in [5.74, 6) is -0.127. The monoisotopic (exact) mass is 384 g/mol. The Morgan fingerprint density at radius 3 is 2.81 bits per heavy atom. The van der Waals surface area contributed by atoms with Crippen LogP contribution in [-0.4, -0.2) is 36.5 Å². The summed E-state index contributed by atoms with van der Waals surface area (Å²) in [7, 11) is 0. The van der Waals surface area contributed by atoms with Gasteiger partial charge >= 0.3 is 0 Å². The molecule has 2 saturated heterocycles. The molecule has 0 radical (unpaired) electrons. The number of anilines is 1. The van der Waals surface area contributed by atoms with Gasteiger partial charge in [0.25, 0.3) is 5.91 Å². The molecule has 21 heavy (non-hydrogen) atoms. The Labute approximate surface area is 141 Å². The Kier molecular flexibility index (Phi) is 4.63. The number of benzene rings is 1. The second-order valence-electron chi connectivity index (χ2n) is 4.65. The SMILES string of the molecule is O=C1NC(=S)S/C1=C\c1cc(Br)ccc1N1CCOCC1. The smallest absolute Gasteiger partial charge is 0.263 e. The fourth-order valence-electron chi connectivity index (χ4n) is 2.30. The maximum absolute atomic E-state index is 11.8. The van der Waals surface area contributed by atoms with Crippen molar-refractivity contribution in [2.75, 3.05) is 31.2 Å². The summed E-state index contributed by atoms with van der Waals surface area (Å²) < 4.78 is 6.89. The molecule has 0 spiro atoms. The number of amides is 1. The minimum Gasteiger partial charge on any atom is -0.378 e. The summed E-state index contributed by atoms with van der Waals surface area (Å²) in [6, 6.07) is 6.10. The lowest BCUT2D eigenvalue weighted by molar-refractivity contribution is -0.115. The maximum atomic E-state index is 11.8. The van der Waals surface area contributed by atoms with E-state index >= 15 is 0 Å². The Morgan fingerprint density at radius 2 is 2.14 bits per heavy atom. The number of morpholine rings is 1. The van der Waals surface area contributed by atoms with Gasteiger partial charge in [0.05, 0.1) is 18.1 Å². The van der Waals surface area contributed by atoms with E-state index in [2.05, 4.69) is 32.2 Å². The summed E-state index contributed by atoms with van der Waals surface area (Å²) in [6.07, 6.45) is 1.90. The third-order valence-electron chi connectivity index (χ3n) is 3.27. The second kappa shape index (κ2) is 6.48.